The molecule has 0 aliphatic carbocycles. The smallest absolute Gasteiger partial charge is 0.249 e. The van der Waals surface area contributed by atoms with Gasteiger partial charge in [-0.25, -0.2) is 30.7 Å². The van der Waals surface area contributed by atoms with E-state index < -0.39 is 50.9 Å². The van der Waals surface area contributed by atoms with E-state index in [1.54, 1.807) is 0 Å². The maximum absolute atomic E-state index is 14.0. The quantitative estimate of drug-likeness (QED) is 0.842. The number of hydrogen-bond donors (Lipinski definition) is 1. The molecule has 21 heavy (non-hydrogen) atoms. The standard InChI is InChI=1S/C13H17F4NO2S/c1-13(2,3)21(19,20)18-10(7-14)8-5-4-6-9(11(8)15)12(16)17/h4-6,10,12,18H,7H2,1-3H3. The van der Waals surface area contributed by atoms with Crippen molar-refractivity contribution in [3.63, 3.8) is 0 Å². The zero-order valence-electron chi connectivity index (χ0n) is 11.8. The molecule has 1 aromatic carbocycles. The summed E-state index contributed by atoms with van der Waals surface area (Å²) in [5.41, 5.74) is -1.33. The number of rotatable bonds is 5. The van der Waals surface area contributed by atoms with Crippen molar-refractivity contribution in [1.29, 1.82) is 0 Å². The summed E-state index contributed by atoms with van der Waals surface area (Å²) < 4.78 is 77.0. The Kier molecular flexibility index (Phi) is 5.38. The molecule has 8 heteroatoms. The van der Waals surface area contributed by atoms with Crippen LogP contribution in [0.25, 0.3) is 0 Å². The molecule has 0 amide bonds. The van der Waals surface area contributed by atoms with Crippen LogP contribution >= 0.6 is 0 Å². The molecular weight excluding hydrogens is 310 g/mol. The SMILES string of the molecule is CC(C)(C)S(=O)(=O)NC(CF)c1cccc(C(F)F)c1F. The van der Waals surface area contributed by atoms with Crippen LogP contribution in [0.15, 0.2) is 18.2 Å². The van der Waals surface area contributed by atoms with Gasteiger partial charge in [-0.3, -0.25) is 0 Å². The van der Waals surface area contributed by atoms with Crippen LogP contribution in [0, 0.1) is 5.82 Å². The molecule has 0 aliphatic heterocycles. The van der Waals surface area contributed by atoms with Crippen LogP contribution in [0.5, 0.6) is 0 Å². The number of nitrogens with one attached hydrogen (secondary N) is 1. The third kappa shape index (κ3) is 3.94. The minimum Gasteiger partial charge on any atom is -0.249 e. The normalized spacial score (nSPS) is 14.5. The Morgan fingerprint density at radius 1 is 1.19 bits per heavy atom. The van der Waals surface area contributed by atoms with Crippen molar-refractivity contribution in [3.8, 4) is 0 Å². The zero-order valence-corrected chi connectivity index (χ0v) is 12.6. The molecule has 0 saturated carbocycles. The van der Waals surface area contributed by atoms with Gasteiger partial charge >= 0.3 is 0 Å². The average Bonchev–Trinajstić information content (AvgIpc) is 2.34. The highest BCUT2D eigenvalue weighted by molar-refractivity contribution is 7.90. The summed E-state index contributed by atoms with van der Waals surface area (Å²) in [6.07, 6.45) is -3.07. The molecule has 0 aliphatic rings. The molecule has 1 unspecified atom stereocenters. The third-order valence-electron chi connectivity index (χ3n) is 2.93. The number of alkyl halides is 3. The van der Waals surface area contributed by atoms with Crippen LogP contribution in [0.3, 0.4) is 0 Å². The van der Waals surface area contributed by atoms with Gasteiger partial charge in [0.1, 0.15) is 12.5 Å². The monoisotopic (exact) mass is 327 g/mol. The fourth-order valence-electron chi connectivity index (χ4n) is 1.55. The molecular formula is C13H17F4NO2S. The minimum absolute atomic E-state index is 0.442. The van der Waals surface area contributed by atoms with E-state index in [9.17, 15) is 26.0 Å². The highest BCUT2D eigenvalue weighted by Gasteiger charge is 2.33. The van der Waals surface area contributed by atoms with Crippen molar-refractivity contribution in [2.24, 2.45) is 0 Å². The molecule has 0 aromatic heterocycles. The fourth-order valence-corrected chi connectivity index (χ4v) is 2.47. The first-order valence-corrected chi connectivity index (χ1v) is 7.64. The largest absolute Gasteiger partial charge is 0.266 e. The molecule has 0 bridgehead atoms. The van der Waals surface area contributed by atoms with Gasteiger partial charge in [0, 0.05) is 5.56 Å². The van der Waals surface area contributed by atoms with E-state index >= 15 is 0 Å². The lowest BCUT2D eigenvalue weighted by Crippen LogP contribution is -2.42. The number of halogens is 4. The molecule has 1 rings (SSSR count). The Hall–Kier alpha value is -1.15. The van der Waals surface area contributed by atoms with Crippen LogP contribution in [0.1, 0.15) is 44.4 Å². The first-order chi connectivity index (χ1) is 9.51. The molecule has 1 atom stereocenters. The lowest BCUT2D eigenvalue weighted by molar-refractivity contribution is 0.146. The molecule has 1 N–H and O–H groups in total. The second kappa shape index (κ2) is 6.31. The van der Waals surface area contributed by atoms with E-state index in [0.29, 0.717) is 0 Å². The van der Waals surface area contributed by atoms with Crippen LogP contribution in [0.4, 0.5) is 17.6 Å². The van der Waals surface area contributed by atoms with Gasteiger partial charge in [-0.1, -0.05) is 18.2 Å². The van der Waals surface area contributed by atoms with Crippen LogP contribution < -0.4 is 4.72 Å². The summed E-state index contributed by atoms with van der Waals surface area (Å²) in [4.78, 5) is 0. The van der Waals surface area contributed by atoms with Crippen molar-refractivity contribution in [2.45, 2.75) is 38.0 Å². The van der Waals surface area contributed by atoms with Gasteiger partial charge < -0.3 is 0 Å². The van der Waals surface area contributed by atoms with Gasteiger partial charge in [0.05, 0.1) is 16.4 Å². The lowest BCUT2D eigenvalue weighted by atomic mass is 10.0. The van der Waals surface area contributed by atoms with Gasteiger partial charge in [0.2, 0.25) is 10.0 Å². The first-order valence-electron chi connectivity index (χ1n) is 6.15. The number of sulfonamides is 1. The Morgan fingerprint density at radius 3 is 2.14 bits per heavy atom. The number of benzene rings is 1. The Labute approximate surface area is 121 Å². The van der Waals surface area contributed by atoms with Crippen LogP contribution in [-0.2, 0) is 10.0 Å². The fraction of sp³-hybridized carbons (Fsp3) is 0.538. The van der Waals surface area contributed by atoms with E-state index in [1.807, 2.05) is 4.72 Å². The maximum Gasteiger partial charge on any atom is 0.266 e. The summed E-state index contributed by atoms with van der Waals surface area (Å²) >= 11 is 0. The predicted molar refractivity (Wildman–Crippen MR) is 71.9 cm³/mol. The number of hydrogen-bond acceptors (Lipinski definition) is 2. The van der Waals surface area contributed by atoms with Crippen molar-refractivity contribution in [1.82, 2.24) is 4.72 Å². The first kappa shape index (κ1) is 17.9. The topological polar surface area (TPSA) is 46.2 Å². The second-order valence-corrected chi connectivity index (χ2v) is 7.96. The van der Waals surface area contributed by atoms with Gasteiger partial charge in [-0.2, -0.15) is 0 Å². The van der Waals surface area contributed by atoms with Crippen LogP contribution in [0.2, 0.25) is 0 Å². The summed E-state index contributed by atoms with van der Waals surface area (Å²) in [7, 11) is -3.95. The Morgan fingerprint density at radius 2 is 1.71 bits per heavy atom. The molecule has 0 heterocycles. The van der Waals surface area contributed by atoms with Crippen LogP contribution in [-0.4, -0.2) is 19.8 Å². The van der Waals surface area contributed by atoms with Crippen molar-refractivity contribution in [3.05, 3.63) is 35.1 Å². The second-order valence-electron chi connectivity index (χ2n) is 5.49. The molecule has 0 spiro atoms. The lowest BCUT2D eigenvalue weighted by Gasteiger charge is -2.24. The summed E-state index contributed by atoms with van der Waals surface area (Å²) in [6.45, 7) is 2.91. The van der Waals surface area contributed by atoms with Crippen molar-refractivity contribution in [2.75, 3.05) is 6.67 Å². The van der Waals surface area contributed by atoms with E-state index in [1.165, 1.54) is 20.8 Å². The summed E-state index contributed by atoms with van der Waals surface area (Å²) in [5.74, 6) is -1.30. The molecule has 0 saturated heterocycles. The molecule has 1 aromatic rings. The minimum atomic E-state index is -3.95. The molecule has 120 valence electrons. The highest BCUT2D eigenvalue weighted by Crippen LogP contribution is 2.28. The molecule has 3 nitrogen and oxygen atoms in total. The summed E-state index contributed by atoms with van der Waals surface area (Å²) in [6, 6.07) is 1.54. The molecule has 0 radical (unpaired) electrons. The predicted octanol–water partition coefficient (Wildman–Crippen LogP) is 3.49. The third-order valence-corrected chi connectivity index (χ3v) is 5.13. The summed E-state index contributed by atoms with van der Waals surface area (Å²) in [5, 5.41) is 0. The Bertz CT molecular complexity index is 597. The average molecular weight is 327 g/mol. The van der Waals surface area contributed by atoms with Gasteiger partial charge in [-0.15, -0.1) is 0 Å². The van der Waals surface area contributed by atoms with Crippen molar-refractivity contribution < 1.29 is 26.0 Å². The molecule has 0 fully saturated rings. The van der Waals surface area contributed by atoms with E-state index in [4.69, 9.17) is 0 Å². The van der Waals surface area contributed by atoms with E-state index in [2.05, 4.69) is 0 Å². The van der Waals surface area contributed by atoms with Gasteiger partial charge in [0.25, 0.3) is 6.43 Å². The van der Waals surface area contributed by atoms with Gasteiger partial charge in [-0.05, 0) is 20.8 Å². The maximum atomic E-state index is 14.0. The Balaban J connectivity index is 3.22. The zero-order chi connectivity index (χ0) is 16.4. The van der Waals surface area contributed by atoms with E-state index in [0.717, 1.165) is 18.2 Å². The van der Waals surface area contributed by atoms with Crippen molar-refractivity contribution >= 4 is 10.0 Å². The highest BCUT2D eigenvalue weighted by atomic mass is 32.2. The van der Waals surface area contributed by atoms with E-state index in [-0.39, 0.29) is 0 Å². The van der Waals surface area contributed by atoms with Gasteiger partial charge in [0.15, 0.2) is 0 Å².